The summed E-state index contributed by atoms with van der Waals surface area (Å²) in [5, 5.41) is 0. The van der Waals surface area contributed by atoms with Gasteiger partial charge in [-0.15, -0.1) is 5.73 Å². The van der Waals surface area contributed by atoms with E-state index in [0.717, 1.165) is 25.7 Å². The van der Waals surface area contributed by atoms with Crippen LogP contribution in [0.25, 0.3) is 0 Å². The molecule has 0 aromatic rings. The van der Waals surface area contributed by atoms with Crippen LogP contribution in [-0.4, -0.2) is 0 Å². The molecular formula is C16H24. The van der Waals surface area contributed by atoms with Crippen LogP contribution in [0.4, 0.5) is 0 Å². The Kier molecular flexibility index (Phi) is 10.9. The summed E-state index contributed by atoms with van der Waals surface area (Å²) in [4.78, 5) is 0. The molecule has 0 saturated carbocycles. The summed E-state index contributed by atoms with van der Waals surface area (Å²) in [6.07, 6.45) is 19.2. The van der Waals surface area contributed by atoms with Gasteiger partial charge in [-0.1, -0.05) is 50.3 Å². The van der Waals surface area contributed by atoms with Crippen LogP contribution < -0.4 is 0 Å². The Bertz CT molecular complexity index is 294. The first-order chi connectivity index (χ1) is 7.85. The lowest BCUT2D eigenvalue weighted by atomic mass is 10.1. The lowest BCUT2D eigenvalue weighted by molar-refractivity contribution is 1.19. The molecule has 0 aromatic heterocycles. The lowest BCUT2D eigenvalue weighted by Gasteiger charge is -1.92. The van der Waals surface area contributed by atoms with E-state index in [1.807, 2.05) is 0 Å². The summed E-state index contributed by atoms with van der Waals surface area (Å²) in [5.74, 6) is 0. The smallest absolute Gasteiger partial charge is 0.00241 e. The monoisotopic (exact) mass is 216 g/mol. The summed E-state index contributed by atoms with van der Waals surface area (Å²) in [6.45, 7) is 6.34. The fourth-order valence-corrected chi connectivity index (χ4v) is 1.20. The predicted octanol–water partition coefficient (Wildman–Crippen LogP) is 5.36. The molecule has 0 aliphatic heterocycles. The molecule has 16 heavy (non-hydrogen) atoms. The van der Waals surface area contributed by atoms with Crippen LogP contribution >= 0.6 is 0 Å². The maximum atomic E-state index is 3.32. The summed E-state index contributed by atoms with van der Waals surface area (Å²) in [7, 11) is 0. The molecule has 0 nitrogen and oxygen atoms in total. The molecule has 0 aliphatic rings. The van der Waals surface area contributed by atoms with Crippen molar-refractivity contribution in [2.75, 3.05) is 0 Å². The van der Waals surface area contributed by atoms with Crippen molar-refractivity contribution >= 4 is 0 Å². The fraction of sp³-hybridized carbons (Fsp3) is 0.438. The van der Waals surface area contributed by atoms with Gasteiger partial charge in [-0.05, 0) is 44.3 Å². The SMILES string of the molecule is CC=CCC(=C=CCC)C=CCC=CCC. The maximum Gasteiger partial charge on any atom is -0.00241 e. The van der Waals surface area contributed by atoms with E-state index in [-0.39, 0.29) is 0 Å². The summed E-state index contributed by atoms with van der Waals surface area (Å²) in [5.41, 5.74) is 4.58. The quantitative estimate of drug-likeness (QED) is 0.305. The number of rotatable bonds is 7. The van der Waals surface area contributed by atoms with Gasteiger partial charge in [0.1, 0.15) is 0 Å². The lowest BCUT2D eigenvalue weighted by Crippen LogP contribution is -1.73. The van der Waals surface area contributed by atoms with Gasteiger partial charge in [0.15, 0.2) is 0 Å². The molecule has 0 heteroatoms. The van der Waals surface area contributed by atoms with Gasteiger partial charge in [0, 0.05) is 0 Å². The molecule has 0 radical (unpaired) electrons. The molecule has 0 N–H and O–H groups in total. The minimum Gasteiger partial charge on any atom is -0.121 e. The highest BCUT2D eigenvalue weighted by Crippen LogP contribution is 2.04. The largest absolute Gasteiger partial charge is 0.121 e. The molecule has 0 saturated heterocycles. The van der Waals surface area contributed by atoms with Crippen molar-refractivity contribution in [3.63, 3.8) is 0 Å². The van der Waals surface area contributed by atoms with Crippen molar-refractivity contribution in [1.82, 2.24) is 0 Å². The van der Waals surface area contributed by atoms with E-state index in [4.69, 9.17) is 0 Å². The first-order valence-electron chi connectivity index (χ1n) is 6.21. The normalized spacial score (nSPS) is 11.4. The molecule has 0 aliphatic carbocycles. The van der Waals surface area contributed by atoms with E-state index in [2.05, 4.69) is 69.0 Å². The van der Waals surface area contributed by atoms with Crippen molar-refractivity contribution in [3.8, 4) is 0 Å². The molecule has 0 spiro atoms. The van der Waals surface area contributed by atoms with Gasteiger partial charge in [0.2, 0.25) is 0 Å². The number of hydrogen-bond acceptors (Lipinski definition) is 0. The van der Waals surface area contributed by atoms with Crippen LogP contribution in [0.3, 0.4) is 0 Å². The highest BCUT2D eigenvalue weighted by Gasteiger charge is 1.85. The molecule has 0 fully saturated rings. The van der Waals surface area contributed by atoms with E-state index in [1.165, 1.54) is 5.57 Å². The Labute approximate surface area is 101 Å². The van der Waals surface area contributed by atoms with Crippen molar-refractivity contribution in [3.05, 3.63) is 53.8 Å². The van der Waals surface area contributed by atoms with E-state index >= 15 is 0 Å². The number of hydrogen-bond donors (Lipinski definition) is 0. The Morgan fingerprint density at radius 2 is 1.81 bits per heavy atom. The molecule has 88 valence electrons. The second kappa shape index (κ2) is 11.8. The Morgan fingerprint density at radius 1 is 1.00 bits per heavy atom. The first kappa shape index (κ1) is 14.7. The fourth-order valence-electron chi connectivity index (χ4n) is 1.20. The first-order valence-corrected chi connectivity index (χ1v) is 6.21. The minimum atomic E-state index is 0.973. The summed E-state index contributed by atoms with van der Waals surface area (Å²) in [6, 6.07) is 0. The van der Waals surface area contributed by atoms with Crippen molar-refractivity contribution in [2.45, 2.75) is 46.5 Å². The van der Waals surface area contributed by atoms with Gasteiger partial charge in [0.25, 0.3) is 0 Å². The highest BCUT2D eigenvalue weighted by molar-refractivity contribution is 5.21. The minimum absolute atomic E-state index is 0.973. The van der Waals surface area contributed by atoms with E-state index in [1.54, 1.807) is 0 Å². The zero-order valence-corrected chi connectivity index (χ0v) is 10.9. The topological polar surface area (TPSA) is 0 Å². The number of allylic oxidation sites excluding steroid dienone is 7. The standard InChI is InChI=1S/C16H24/c1-4-7-10-11-12-15-16(13-8-5-2)14-9-6-3/h5,7-10,12,15H,4,6,11,13H2,1-3H3. The van der Waals surface area contributed by atoms with E-state index in [9.17, 15) is 0 Å². The van der Waals surface area contributed by atoms with Gasteiger partial charge in [-0.2, -0.15) is 0 Å². The molecule has 0 bridgehead atoms. The summed E-state index contributed by atoms with van der Waals surface area (Å²) >= 11 is 0. The zero-order valence-electron chi connectivity index (χ0n) is 10.9. The van der Waals surface area contributed by atoms with Crippen LogP contribution in [0, 0.1) is 0 Å². The van der Waals surface area contributed by atoms with Crippen molar-refractivity contribution in [2.24, 2.45) is 0 Å². The zero-order chi connectivity index (χ0) is 12.1. The molecule has 0 unspecified atom stereocenters. The molecular weight excluding hydrogens is 192 g/mol. The molecule has 0 atom stereocenters. The predicted molar refractivity (Wildman–Crippen MR) is 74.5 cm³/mol. The van der Waals surface area contributed by atoms with Gasteiger partial charge < -0.3 is 0 Å². The second-order valence-electron chi connectivity index (χ2n) is 3.57. The third-order valence-electron chi connectivity index (χ3n) is 2.06. The Balaban J connectivity index is 4.31. The van der Waals surface area contributed by atoms with Gasteiger partial charge in [-0.3, -0.25) is 0 Å². The third kappa shape index (κ3) is 9.30. The molecule has 0 amide bonds. The Morgan fingerprint density at radius 3 is 2.44 bits per heavy atom. The highest BCUT2D eigenvalue weighted by atomic mass is 13.9. The third-order valence-corrected chi connectivity index (χ3v) is 2.06. The van der Waals surface area contributed by atoms with Gasteiger partial charge in [-0.25, -0.2) is 0 Å². The van der Waals surface area contributed by atoms with Crippen LogP contribution in [-0.2, 0) is 0 Å². The van der Waals surface area contributed by atoms with Crippen LogP contribution in [0.5, 0.6) is 0 Å². The van der Waals surface area contributed by atoms with Gasteiger partial charge >= 0.3 is 0 Å². The molecule has 0 rings (SSSR count). The van der Waals surface area contributed by atoms with E-state index < -0.39 is 0 Å². The van der Waals surface area contributed by atoms with Crippen molar-refractivity contribution < 1.29 is 0 Å². The van der Waals surface area contributed by atoms with Crippen LogP contribution in [0.1, 0.15) is 46.5 Å². The van der Waals surface area contributed by atoms with Crippen LogP contribution in [0.2, 0.25) is 0 Å². The average molecular weight is 216 g/mol. The van der Waals surface area contributed by atoms with Crippen LogP contribution in [0.15, 0.2) is 53.8 Å². The Hall–Kier alpha value is -1.26. The maximum absolute atomic E-state index is 3.32. The average Bonchev–Trinajstić information content (AvgIpc) is 2.31. The molecule has 0 heterocycles. The summed E-state index contributed by atoms with van der Waals surface area (Å²) < 4.78 is 0. The molecule has 0 aromatic carbocycles. The van der Waals surface area contributed by atoms with Gasteiger partial charge in [0.05, 0.1) is 0 Å². The van der Waals surface area contributed by atoms with Crippen molar-refractivity contribution in [1.29, 1.82) is 0 Å². The second-order valence-corrected chi connectivity index (χ2v) is 3.57. The van der Waals surface area contributed by atoms with E-state index in [0.29, 0.717) is 0 Å².